The maximum absolute atomic E-state index is 13.3. The van der Waals surface area contributed by atoms with Crippen LogP contribution in [0.2, 0.25) is 0 Å². The van der Waals surface area contributed by atoms with Gasteiger partial charge in [-0.15, -0.1) is 0 Å². The van der Waals surface area contributed by atoms with E-state index in [1.807, 2.05) is 43.3 Å². The number of morpholine rings is 1. The summed E-state index contributed by atoms with van der Waals surface area (Å²) in [5.41, 5.74) is 10.0. The number of pyridine rings is 1. The topological polar surface area (TPSA) is 90.5 Å². The molecule has 1 atom stereocenters. The zero-order valence-corrected chi connectivity index (χ0v) is 19.4. The maximum Gasteiger partial charge on any atom is 0.268 e. The first kappa shape index (κ1) is 21.5. The SMILES string of the molecule is Cc1ccc(S(=O)(=O)n2ccc3c(-c4cc(N)cc(N5CCOC[C@H]5C)n4)cccc32)cc1. The molecule has 5 rings (SSSR count). The fraction of sp³-hybridized carbons (Fsp3) is 0.240. The molecule has 1 saturated heterocycles. The van der Waals surface area contributed by atoms with Crippen LogP contribution < -0.4 is 10.6 Å². The Morgan fingerprint density at radius 3 is 2.64 bits per heavy atom. The van der Waals surface area contributed by atoms with Gasteiger partial charge in [-0.2, -0.15) is 0 Å². The van der Waals surface area contributed by atoms with Crippen molar-refractivity contribution in [1.29, 1.82) is 0 Å². The van der Waals surface area contributed by atoms with Crippen LogP contribution in [0.4, 0.5) is 11.5 Å². The molecule has 8 heteroatoms. The van der Waals surface area contributed by atoms with Crippen molar-refractivity contribution < 1.29 is 13.2 Å². The van der Waals surface area contributed by atoms with E-state index in [0.717, 1.165) is 28.9 Å². The number of nitrogens with two attached hydrogens (primary N) is 1. The molecular weight excluding hydrogens is 436 g/mol. The third kappa shape index (κ3) is 3.85. The number of hydrogen-bond donors (Lipinski definition) is 1. The van der Waals surface area contributed by atoms with Crippen molar-refractivity contribution in [2.24, 2.45) is 0 Å². The van der Waals surface area contributed by atoms with Gasteiger partial charge in [0.05, 0.1) is 35.4 Å². The van der Waals surface area contributed by atoms with Crippen LogP contribution in [-0.4, -0.2) is 43.2 Å². The number of aryl methyl sites for hydroxylation is 1. The van der Waals surface area contributed by atoms with Crippen molar-refractivity contribution >= 4 is 32.4 Å². The van der Waals surface area contributed by atoms with Crippen molar-refractivity contribution in [1.82, 2.24) is 8.96 Å². The lowest BCUT2D eigenvalue weighted by Crippen LogP contribution is -2.44. The van der Waals surface area contributed by atoms with Gasteiger partial charge in [0, 0.05) is 35.4 Å². The molecule has 0 amide bonds. The summed E-state index contributed by atoms with van der Waals surface area (Å²) in [6.45, 7) is 6.05. The van der Waals surface area contributed by atoms with E-state index in [0.29, 0.717) is 30.1 Å². The van der Waals surface area contributed by atoms with Crippen molar-refractivity contribution in [3.05, 3.63) is 72.4 Å². The standard InChI is InChI=1S/C25H26N4O3S/c1-17-6-8-20(9-7-17)33(30,31)29-11-10-22-21(4-3-5-24(22)29)23-14-19(26)15-25(27-23)28-12-13-32-16-18(28)2/h3-11,14-15,18H,12-13,16H2,1-2H3,(H2,26,27)/t18-/m1/s1. The number of ether oxygens (including phenoxy) is 1. The van der Waals surface area contributed by atoms with Gasteiger partial charge in [0.25, 0.3) is 10.0 Å². The summed E-state index contributed by atoms with van der Waals surface area (Å²) in [6.07, 6.45) is 1.60. The van der Waals surface area contributed by atoms with E-state index in [9.17, 15) is 8.42 Å². The summed E-state index contributed by atoms with van der Waals surface area (Å²) in [7, 11) is -3.73. The van der Waals surface area contributed by atoms with Crippen LogP contribution in [0.25, 0.3) is 22.2 Å². The van der Waals surface area contributed by atoms with Crippen LogP contribution in [-0.2, 0) is 14.8 Å². The molecule has 0 radical (unpaired) electrons. The molecule has 7 nitrogen and oxygen atoms in total. The Kier molecular flexibility index (Phi) is 5.34. The van der Waals surface area contributed by atoms with Crippen LogP contribution in [0, 0.1) is 6.92 Å². The van der Waals surface area contributed by atoms with E-state index in [1.165, 1.54) is 3.97 Å². The molecule has 33 heavy (non-hydrogen) atoms. The molecule has 1 aliphatic heterocycles. The summed E-state index contributed by atoms with van der Waals surface area (Å²) < 4.78 is 33.5. The van der Waals surface area contributed by atoms with Crippen molar-refractivity contribution in [3.8, 4) is 11.3 Å². The molecule has 4 aromatic rings. The Bertz CT molecular complexity index is 1430. The van der Waals surface area contributed by atoms with Gasteiger partial charge in [-0.05, 0) is 44.2 Å². The lowest BCUT2D eigenvalue weighted by atomic mass is 10.1. The van der Waals surface area contributed by atoms with E-state index in [4.69, 9.17) is 15.5 Å². The molecular formula is C25H26N4O3S. The Labute approximate surface area is 193 Å². The van der Waals surface area contributed by atoms with Gasteiger partial charge in [0.1, 0.15) is 5.82 Å². The highest BCUT2D eigenvalue weighted by Gasteiger charge is 2.23. The van der Waals surface area contributed by atoms with Crippen LogP contribution in [0.1, 0.15) is 12.5 Å². The predicted molar refractivity (Wildman–Crippen MR) is 131 cm³/mol. The zero-order chi connectivity index (χ0) is 23.2. The molecule has 2 aromatic heterocycles. The molecule has 1 aliphatic rings. The third-order valence-electron chi connectivity index (χ3n) is 6.05. The van der Waals surface area contributed by atoms with Crippen LogP contribution in [0.3, 0.4) is 0 Å². The number of aromatic nitrogens is 2. The Hall–Kier alpha value is -3.36. The molecule has 1 fully saturated rings. The van der Waals surface area contributed by atoms with Crippen molar-refractivity contribution in [3.63, 3.8) is 0 Å². The molecule has 170 valence electrons. The molecule has 0 aliphatic carbocycles. The summed E-state index contributed by atoms with van der Waals surface area (Å²) in [4.78, 5) is 7.34. The highest BCUT2D eigenvalue weighted by molar-refractivity contribution is 7.90. The molecule has 3 heterocycles. The Morgan fingerprint density at radius 2 is 1.88 bits per heavy atom. The largest absolute Gasteiger partial charge is 0.399 e. The summed E-state index contributed by atoms with van der Waals surface area (Å²) in [5.74, 6) is 0.796. The first-order valence-corrected chi connectivity index (χ1v) is 12.3. The monoisotopic (exact) mass is 462 g/mol. The quantitative estimate of drug-likeness (QED) is 0.492. The average molecular weight is 463 g/mol. The number of fused-ring (bicyclic) bond motifs is 1. The van der Waals surface area contributed by atoms with Gasteiger partial charge in [0.15, 0.2) is 0 Å². The number of nitrogens with zero attached hydrogens (tertiary/aromatic N) is 3. The molecule has 2 aromatic carbocycles. The fourth-order valence-electron chi connectivity index (χ4n) is 4.29. The molecule has 0 saturated carbocycles. The normalized spacial score (nSPS) is 16.9. The molecule has 0 spiro atoms. The van der Waals surface area contributed by atoms with Gasteiger partial charge in [-0.3, -0.25) is 0 Å². The first-order chi connectivity index (χ1) is 15.8. The van der Waals surface area contributed by atoms with Gasteiger partial charge in [0.2, 0.25) is 0 Å². The van der Waals surface area contributed by atoms with Crippen LogP contribution in [0.5, 0.6) is 0 Å². The van der Waals surface area contributed by atoms with Gasteiger partial charge in [-0.25, -0.2) is 17.4 Å². The average Bonchev–Trinajstić information content (AvgIpc) is 3.24. The number of anilines is 2. The van der Waals surface area contributed by atoms with E-state index >= 15 is 0 Å². The fourth-order valence-corrected chi connectivity index (χ4v) is 5.64. The second kappa shape index (κ2) is 8.20. The summed E-state index contributed by atoms with van der Waals surface area (Å²) in [5, 5.41) is 0.798. The smallest absolute Gasteiger partial charge is 0.268 e. The molecule has 0 unspecified atom stereocenters. The zero-order valence-electron chi connectivity index (χ0n) is 18.6. The summed E-state index contributed by atoms with van der Waals surface area (Å²) in [6, 6.07) is 18.2. The lowest BCUT2D eigenvalue weighted by molar-refractivity contribution is 0.0985. The van der Waals surface area contributed by atoms with Crippen LogP contribution >= 0.6 is 0 Å². The van der Waals surface area contributed by atoms with Crippen molar-refractivity contribution in [2.75, 3.05) is 30.4 Å². The number of rotatable bonds is 4. The van der Waals surface area contributed by atoms with Crippen LogP contribution in [0.15, 0.2) is 71.8 Å². The molecule has 0 bridgehead atoms. The lowest BCUT2D eigenvalue weighted by Gasteiger charge is -2.34. The van der Waals surface area contributed by atoms with Crippen molar-refractivity contribution in [2.45, 2.75) is 24.8 Å². The minimum Gasteiger partial charge on any atom is -0.399 e. The predicted octanol–water partition coefficient (Wildman–Crippen LogP) is 4.06. The second-order valence-electron chi connectivity index (χ2n) is 8.43. The van der Waals surface area contributed by atoms with Gasteiger partial charge in [-0.1, -0.05) is 29.8 Å². The molecule has 2 N–H and O–H groups in total. The maximum atomic E-state index is 13.3. The minimum atomic E-state index is -3.73. The Balaban J connectivity index is 1.61. The van der Waals surface area contributed by atoms with Gasteiger partial charge >= 0.3 is 0 Å². The Morgan fingerprint density at radius 1 is 1.09 bits per heavy atom. The van der Waals surface area contributed by atoms with Gasteiger partial charge < -0.3 is 15.4 Å². The highest BCUT2D eigenvalue weighted by Crippen LogP contribution is 2.33. The van der Waals surface area contributed by atoms with E-state index in [2.05, 4.69) is 11.8 Å². The first-order valence-electron chi connectivity index (χ1n) is 10.9. The number of benzene rings is 2. The minimum absolute atomic E-state index is 0.192. The van der Waals surface area contributed by atoms with E-state index in [1.54, 1.807) is 30.5 Å². The number of hydrogen-bond acceptors (Lipinski definition) is 6. The summed E-state index contributed by atoms with van der Waals surface area (Å²) >= 11 is 0. The highest BCUT2D eigenvalue weighted by atomic mass is 32.2. The van der Waals surface area contributed by atoms with E-state index in [-0.39, 0.29) is 10.9 Å². The van der Waals surface area contributed by atoms with E-state index < -0.39 is 10.0 Å². The second-order valence-corrected chi connectivity index (χ2v) is 10.2. The third-order valence-corrected chi connectivity index (χ3v) is 7.75. The number of nitrogen functional groups attached to an aromatic ring is 1.